The summed E-state index contributed by atoms with van der Waals surface area (Å²) in [6, 6.07) is 23.9. The quantitative estimate of drug-likeness (QED) is 0.338. The molecule has 1 atom stereocenters. The first-order chi connectivity index (χ1) is 17.0. The minimum Gasteiger partial charge on any atom is -0.497 e. The van der Waals surface area contributed by atoms with Crippen molar-refractivity contribution >= 4 is 28.6 Å². The number of allylic oxidation sites excluding steroid dienone is 1. The average Bonchev–Trinajstić information content (AvgIpc) is 3.36. The molecule has 3 aromatic carbocycles. The molecule has 6 nitrogen and oxygen atoms in total. The molecule has 5 rings (SSSR count). The zero-order valence-corrected chi connectivity index (χ0v) is 20.9. The number of rotatable bonds is 5. The highest BCUT2D eigenvalue weighted by molar-refractivity contribution is 7.80. The van der Waals surface area contributed by atoms with E-state index < -0.39 is 0 Å². The summed E-state index contributed by atoms with van der Waals surface area (Å²) in [5, 5.41) is 8.42. The number of ether oxygens (including phenoxy) is 1. The first kappa shape index (κ1) is 22.8. The normalized spacial score (nSPS) is 15.8. The summed E-state index contributed by atoms with van der Waals surface area (Å²) in [5.74, 6) is 1.67. The van der Waals surface area contributed by atoms with E-state index in [2.05, 4.69) is 54.7 Å². The largest absolute Gasteiger partial charge is 0.497 e. The molecular formula is C28H26N4O2S. The topological polar surface area (TPSA) is 63.4 Å². The first-order valence-electron chi connectivity index (χ1n) is 11.4. The van der Waals surface area contributed by atoms with Gasteiger partial charge in [0.1, 0.15) is 5.75 Å². The Labute approximate surface area is 210 Å². The summed E-state index contributed by atoms with van der Waals surface area (Å²) in [4.78, 5) is 6.82. The molecule has 4 aromatic rings. The van der Waals surface area contributed by atoms with E-state index in [1.54, 1.807) is 7.11 Å². The van der Waals surface area contributed by atoms with E-state index in [0.717, 1.165) is 33.8 Å². The Balaban J connectivity index is 1.65. The molecule has 1 aromatic heterocycles. The number of anilines is 1. The van der Waals surface area contributed by atoms with Gasteiger partial charge < -0.3 is 14.6 Å². The van der Waals surface area contributed by atoms with Gasteiger partial charge in [-0.3, -0.25) is 4.90 Å². The number of aromatic nitrogens is 2. The van der Waals surface area contributed by atoms with E-state index >= 15 is 0 Å². The monoisotopic (exact) mass is 482 g/mol. The second kappa shape index (κ2) is 9.35. The van der Waals surface area contributed by atoms with Gasteiger partial charge in [-0.15, -0.1) is 0 Å². The summed E-state index contributed by atoms with van der Waals surface area (Å²) >= 11 is 5.85. The molecule has 7 heteroatoms. The van der Waals surface area contributed by atoms with Crippen molar-refractivity contribution in [3.05, 3.63) is 101 Å². The summed E-state index contributed by atoms with van der Waals surface area (Å²) in [6.07, 6.45) is 0. The molecular weight excluding hydrogens is 456 g/mol. The minimum atomic E-state index is -0.231. The van der Waals surface area contributed by atoms with Crippen molar-refractivity contribution in [3.63, 3.8) is 0 Å². The van der Waals surface area contributed by atoms with Crippen molar-refractivity contribution in [2.75, 3.05) is 12.0 Å². The van der Waals surface area contributed by atoms with Crippen LogP contribution in [0.1, 0.15) is 35.5 Å². The third-order valence-corrected chi connectivity index (χ3v) is 6.65. The second-order valence-electron chi connectivity index (χ2n) is 8.55. The Morgan fingerprint density at radius 3 is 2.49 bits per heavy atom. The molecule has 0 bridgehead atoms. The molecule has 1 aliphatic heterocycles. The molecule has 0 spiro atoms. The van der Waals surface area contributed by atoms with Gasteiger partial charge in [0.25, 0.3) is 5.89 Å². The highest BCUT2D eigenvalue weighted by atomic mass is 32.1. The predicted octanol–water partition coefficient (Wildman–Crippen LogP) is 6.23. The van der Waals surface area contributed by atoms with E-state index in [-0.39, 0.29) is 6.04 Å². The van der Waals surface area contributed by atoms with Crippen LogP contribution in [0.4, 0.5) is 5.69 Å². The molecule has 0 saturated heterocycles. The Kier molecular flexibility index (Phi) is 6.09. The van der Waals surface area contributed by atoms with Crippen LogP contribution < -0.4 is 15.0 Å². The summed E-state index contributed by atoms with van der Waals surface area (Å²) in [6.45, 7) is 6.25. The third-order valence-electron chi connectivity index (χ3n) is 6.35. The minimum absolute atomic E-state index is 0.231. The van der Waals surface area contributed by atoms with Crippen molar-refractivity contribution in [2.45, 2.75) is 26.8 Å². The van der Waals surface area contributed by atoms with Crippen LogP contribution in [0.25, 0.3) is 17.0 Å². The van der Waals surface area contributed by atoms with Crippen LogP contribution in [0.5, 0.6) is 5.75 Å². The lowest BCUT2D eigenvalue weighted by atomic mass is 9.94. The van der Waals surface area contributed by atoms with Crippen LogP contribution in [-0.2, 0) is 0 Å². The third kappa shape index (κ3) is 4.31. The summed E-state index contributed by atoms with van der Waals surface area (Å²) in [7, 11) is 1.64. The van der Waals surface area contributed by atoms with Crippen molar-refractivity contribution < 1.29 is 9.26 Å². The van der Waals surface area contributed by atoms with Gasteiger partial charge in [0, 0.05) is 16.9 Å². The van der Waals surface area contributed by atoms with Gasteiger partial charge >= 0.3 is 0 Å². The number of nitrogens with one attached hydrogen (secondary N) is 1. The predicted molar refractivity (Wildman–Crippen MR) is 142 cm³/mol. The average molecular weight is 483 g/mol. The zero-order chi connectivity index (χ0) is 24.5. The Morgan fingerprint density at radius 1 is 0.943 bits per heavy atom. The Morgan fingerprint density at radius 2 is 1.74 bits per heavy atom. The van der Waals surface area contributed by atoms with Gasteiger partial charge in [0.2, 0.25) is 5.82 Å². The molecule has 0 fully saturated rings. The van der Waals surface area contributed by atoms with E-state index in [4.69, 9.17) is 26.5 Å². The molecule has 2 heterocycles. The van der Waals surface area contributed by atoms with Crippen molar-refractivity contribution in [1.82, 2.24) is 15.5 Å². The highest BCUT2D eigenvalue weighted by Crippen LogP contribution is 2.39. The number of aryl methyl sites for hydroxylation is 2. The molecule has 1 aliphatic rings. The lowest BCUT2D eigenvalue weighted by molar-refractivity contribution is 0.403. The lowest BCUT2D eigenvalue weighted by Gasteiger charge is -2.37. The highest BCUT2D eigenvalue weighted by Gasteiger charge is 2.34. The van der Waals surface area contributed by atoms with Crippen LogP contribution >= 0.6 is 12.2 Å². The number of benzene rings is 3. The van der Waals surface area contributed by atoms with E-state index in [1.807, 2.05) is 54.3 Å². The van der Waals surface area contributed by atoms with Gasteiger partial charge in [-0.05, 0) is 73.9 Å². The fourth-order valence-electron chi connectivity index (χ4n) is 4.30. The molecule has 1 unspecified atom stereocenters. The number of nitrogens with zero attached hydrogens (tertiary/aromatic N) is 3. The summed E-state index contributed by atoms with van der Waals surface area (Å²) < 4.78 is 11.2. The van der Waals surface area contributed by atoms with Crippen LogP contribution in [0.3, 0.4) is 0 Å². The number of methoxy groups -OCH3 is 1. The Bertz CT molecular complexity index is 1430. The molecule has 176 valence electrons. The van der Waals surface area contributed by atoms with Crippen molar-refractivity contribution in [1.29, 1.82) is 0 Å². The molecule has 0 aliphatic carbocycles. The van der Waals surface area contributed by atoms with Crippen LogP contribution in [-0.4, -0.2) is 22.4 Å². The zero-order valence-electron chi connectivity index (χ0n) is 20.1. The van der Waals surface area contributed by atoms with E-state index in [0.29, 0.717) is 16.8 Å². The molecule has 35 heavy (non-hydrogen) atoms. The fourth-order valence-corrected chi connectivity index (χ4v) is 4.66. The van der Waals surface area contributed by atoms with Crippen molar-refractivity contribution in [2.24, 2.45) is 0 Å². The standard InChI is InChI=1S/C28H26N4O2S/c1-17-13-14-22(15-18(17)2)32-19(3)24(25(29-28(32)35)20-9-6-5-7-10-20)27-30-26(31-34-27)21-11-8-12-23(16-21)33-4/h5-16,25H,1-4H3,(H,29,35). The molecule has 0 saturated carbocycles. The summed E-state index contributed by atoms with van der Waals surface area (Å²) in [5.41, 5.74) is 7.11. The molecule has 0 radical (unpaired) electrons. The maximum Gasteiger partial charge on any atom is 0.258 e. The SMILES string of the molecule is COc1cccc(-c2noc(C3=C(C)N(c4ccc(C)c(C)c4)C(=S)NC3c3ccccc3)n2)c1. The number of thiocarbonyl (C=S) groups is 1. The van der Waals surface area contributed by atoms with Crippen LogP contribution in [0, 0.1) is 13.8 Å². The van der Waals surface area contributed by atoms with E-state index in [9.17, 15) is 0 Å². The fraction of sp³-hybridized carbons (Fsp3) is 0.179. The number of hydrogen-bond acceptors (Lipinski definition) is 5. The van der Waals surface area contributed by atoms with Gasteiger partial charge in [0.05, 0.1) is 18.7 Å². The van der Waals surface area contributed by atoms with Crippen molar-refractivity contribution in [3.8, 4) is 17.1 Å². The lowest BCUT2D eigenvalue weighted by Crippen LogP contribution is -2.46. The van der Waals surface area contributed by atoms with Gasteiger partial charge in [-0.1, -0.05) is 53.7 Å². The van der Waals surface area contributed by atoms with E-state index in [1.165, 1.54) is 11.1 Å². The molecule has 0 amide bonds. The first-order valence-corrected chi connectivity index (χ1v) is 11.8. The van der Waals surface area contributed by atoms with Crippen LogP contribution in [0.2, 0.25) is 0 Å². The maximum atomic E-state index is 5.85. The van der Waals surface area contributed by atoms with Gasteiger partial charge in [-0.25, -0.2) is 0 Å². The Hall–Kier alpha value is -3.97. The maximum absolute atomic E-state index is 5.85. The second-order valence-corrected chi connectivity index (χ2v) is 8.94. The van der Waals surface area contributed by atoms with Gasteiger partial charge in [0.15, 0.2) is 5.11 Å². The van der Waals surface area contributed by atoms with Crippen LogP contribution in [0.15, 0.2) is 83.0 Å². The van der Waals surface area contributed by atoms with Gasteiger partial charge in [-0.2, -0.15) is 4.98 Å². The number of hydrogen-bond donors (Lipinski definition) is 1. The smallest absolute Gasteiger partial charge is 0.258 e. The molecule has 1 N–H and O–H groups in total.